The molecule has 2 amide bonds. The summed E-state index contributed by atoms with van der Waals surface area (Å²) in [6.07, 6.45) is 1.55. The second kappa shape index (κ2) is 16.1. The summed E-state index contributed by atoms with van der Waals surface area (Å²) in [5.41, 5.74) is 3.84. The van der Waals surface area contributed by atoms with Gasteiger partial charge in [0, 0.05) is 23.5 Å². The Morgan fingerprint density at radius 2 is 1.50 bits per heavy atom. The highest BCUT2D eigenvalue weighted by Gasteiger charge is 2.35. The number of amides is 2. The highest BCUT2D eigenvalue weighted by atomic mass is 79.9. The van der Waals surface area contributed by atoms with E-state index in [1.165, 1.54) is 9.21 Å². The maximum atomic E-state index is 14.7. The van der Waals surface area contributed by atoms with Crippen LogP contribution in [-0.4, -0.2) is 43.8 Å². The van der Waals surface area contributed by atoms with Crippen molar-refractivity contribution in [2.75, 3.05) is 10.8 Å². The molecule has 46 heavy (non-hydrogen) atoms. The standard InChI is InChI=1S/C37H42BrN3O4S/c1-5-28(4)39-37(43)35(24-29-13-8-7-9-14-29)40(25-30-15-12-17-32(38)23-30)36(42)26-41(34-18-11-10-16-31(34)6-2)46(44,45)33-21-19-27(3)20-22-33/h7-23,28,35H,5-6,24-26H2,1-4H3,(H,39,43)/t28-,35-/m1/s1. The van der Waals surface area contributed by atoms with E-state index in [-0.39, 0.29) is 29.8 Å². The molecule has 4 aromatic rings. The van der Waals surface area contributed by atoms with Gasteiger partial charge in [0.1, 0.15) is 12.6 Å². The van der Waals surface area contributed by atoms with E-state index < -0.39 is 28.5 Å². The van der Waals surface area contributed by atoms with Gasteiger partial charge in [0.15, 0.2) is 0 Å². The molecule has 0 spiro atoms. The van der Waals surface area contributed by atoms with Crippen molar-refractivity contribution in [2.45, 2.75) is 70.5 Å². The number of nitrogens with one attached hydrogen (secondary N) is 1. The van der Waals surface area contributed by atoms with E-state index in [9.17, 15) is 18.0 Å². The molecule has 9 heteroatoms. The van der Waals surface area contributed by atoms with Crippen molar-refractivity contribution in [1.82, 2.24) is 10.2 Å². The summed E-state index contributed by atoms with van der Waals surface area (Å²) in [4.78, 5) is 30.3. The molecule has 0 saturated carbocycles. The molecule has 0 unspecified atom stereocenters. The first-order valence-electron chi connectivity index (χ1n) is 15.6. The summed E-state index contributed by atoms with van der Waals surface area (Å²) in [5, 5.41) is 3.07. The van der Waals surface area contributed by atoms with Crippen LogP contribution in [0.5, 0.6) is 0 Å². The summed E-state index contributed by atoms with van der Waals surface area (Å²) in [6.45, 7) is 7.38. The van der Waals surface area contributed by atoms with Gasteiger partial charge in [-0.3, -0.25) is 13.9 Å². The first-order valence-corrected chi connectivity index (χ1v) is 17.8. The minimum atomic E-state index is -4.16. The first-order chi connectivity index (χ1) is 22.0. The highest BCUT2D eigenvalue weighted by Crippen LogP contribution is 2.29. The average Bonchev–Trinajstić information content (AvgIpc) is 3.05. The van der Waals surface area contributed by atoms with Crippen LogP contribution in [0.3, 0.4) is 0 Å². The molecule has 0 aliphatic rings. The zero-order valence-electron chi connectivity index (χ0n) is 26.8. The van der Waals surface area contributed by atoms with Gasteiger partial charge in [0.25, 0.3) is 10.0 Å². The number of aryl methyl sites for hydroxylation is 2. The Hall–Kier alpha value is -3.95. The molecule has 7 nitrogen and oxygen atoms in total. The summed E-state index contributed by atoms with van der Waals surface area (Å²) < 4.78 is 30.7. The van der Waals surface area contributed by atoms with Crippen LogP contribution in [0.15, 0.2) is 112 Å². The third-order valence-corrected chi connectivity index (χ3v) is 10.3. The first kappa shape index (κ1) is 34.9. The molecule has 0 saturated heterocycles. The second-order valence-electron chi connectivity index (χ2n) is 11.5. The number of benzene rings is 4. The van der Waals surface area contributed by atoms with E-state index in [1.807, 2.05) is 94.4 Å². The van der Waals surface area contributed by atoms with Gasteiger partial charge in [-0.25, -0.2) is 8.42 Å². The number of halogens is 1. The Bertz CT molecular complexity index is 1730. The molecule has 2 atom stereocenters. The minimum Gasteiger partial charge on any atom is -0.352 e. The monoisotopic (exact) mass is 703 g/mol. The van der Waals surface area contributed by atoms with Gasteiger partial charge in [-0.2, -0.15) is 0 Å². The smallest absolute Gasteiger partial charge is 0.264 e. The number of carbonyl (C=O) groups is 2. The van der Waals surface area contributed by atoms with Crippen LogP contribution in [0, 0.1) is 6.92 Å². The Labute approximate surface area is 281 Å². The normalized spacial score (nSPS) is 12.6. The van der Waals surface area contributed by atoms with Crippen molar-refractivity contribution < 1.29 is 18.0 Å². The van der Waals surface area contributed by atoms with Gasteiger partial charge in [-0.15, -0.1) is 0 Å². The molecular formula is C37H42BrN3O4S. The Kier molecular flexibility index (Phi) is 12.2. The van der Waals surface area contributed by atoms with Crippen LogP contribution in [0.2, 0.25) is 0 Å². The van der Waals surface area contributed by atoms with Crippen molar-refractivity contribution >= 4 is 43.5 Å². The van der Waals surface area contributed by atoms with Gasteiger partial charge in [-0.05, 0) is 73.7 Å². The molecular weight excluding hydrogens is 662 g/mol. The van der Waals surface area contributed by atoms with Gasteiger partial charge in [-0.1, -0.05) is 108 Å². The SMILES string of the molecule is CCc1ccccc1N(CC(=O)N(Cc1cccc(Br)c1)[C@H](Cc1ccccc1)C(=O)N[C@H](C)CC)S(=O)(=O)c1ccc(C)cc1. The molecule has 0 fully saturated rings. The zero-order chi connectivity index (χ0) is 33.3. The molecule has 0 aromatic heterocycles. The number of hydrogen-bond donors (Lipinski definition) is 1. The summed E-state index contributed by atoms with van der Waals surface area (Å²) >= 11 is 3.52. The third kappa shape index (κ3) is 8.85. The Balaban J connectivity index is 1.84. The maximum Gasteiger partial charge on any atom is 0.264 e. The molecule has 0 radical (unpaired) electrons. The Morgan fingerprint density at radius 3 is 2.15 bits per heavy atom. The van der Waals surface area contributed by atoms with Crippen LogP contribution in [0.1, 0.15) is 49.4 Å². The third-order valence-electron chi connectivity index (χ3n) is 8.04. The van der Waals surface area contributed by atoms with Gasteiger partial charge >= 0.3 is 0 Å². The van der Waals surface area contributed by atoms with Gasteiger partial charge in [0.2, 0.25) is 11.8 Å². The van der Waals surface area contributed by atoms with E-state index in [1.54, 1.807) is 36.4 Å². The van der Waals surface area contributed by atoms with Crippen molar-refractivity contribution in [2.24, 2.45) is 0 Å². The van der Waals surface area contributed by atoms with Crippen molar-refractivity contribution in [3.63, 3.8) is 0 Å². The number of para-hydroxylation sites is 1. The number of sulfonamides is 1. The molecule has 1 N–H and O–H groups in total. The minimum absolute atomic E-state index is 0.0886. The van der Waals surface area contributed by atoms with Crippen LogP contribution < -0.4 is 9.62 Å². The fourth-order valence-electron chi connectivity index (χ4n) is 5.23. The van der Waals surface area contributed by atoms with E-state index in [0.717, 1.165) is 33.1 Å². The van der Waals surface area contributed by atoms with Crippen molar-refractivity contribution in [3.05, 3.63) is 130 Å². The van der Waals surface area contributed by atoms with Crippen molar-refractivity contribution in [1.29, 1.82) is 0 Å². The van der Waals surface area contributed by atoms with Crippen LogP contribution in [-0.2, 0) is 39.0 Å². The van der Waals surface area contributed by atoms with Crippen molar-refractivity contribution in [3.8, 4) is 0 Å². The number of carbonyl (C=O) groups excluding carboxylic acids is 2. The van der Waals surface area contributed by atoms with Crippen LogP contribution >= 0.6 is 15.9 Å². The van der Waals surface area contributed by atoms with Gasteiger partial charge < -0.3 is 10.2 Å². The lowest BCUT2D eigenvalue weighted by molar-refractivity contribution is -0.140. The predicted octanol–water partition coefficient (Wildman–Crippen LogP) is 7.07. The fourth-order valence-corrected chi connectivity index (χ4v) is 7.13. The maximum absolute atomic E-state index is 14.7. The van der Waals surface area contributed by atoms with E-state index in [2.05, 4.69) is 21.2 Å². The number of nitrogens with zero attached hydrogens (tertiary/aromatic N) is 2. The van der Waals surface area contributed by atoms with Crippen LogP contribution in [0.4, 0.5) is 5.69 Å². The molecule has 0 aliphatic carbocycles. The second-order valence-corrected chi connectivity index (χ2v) is 14.3. The topological polar surface area (TPSA) is 86.8 Å². The van der Waals surface area contributed by atoms with E-state index in [0.29, 0.717) is 12.1 Å². The zero-order valence-corrected chi connectivity index (χ0v) is 29.2. The highest BCUT2D eigenvalue weighted by molar-refractivity contribution is 9.10. The lowest BCUT2D eigenvalue weighted by Gasteiger charge is -2.34. The summed E-state index contributed by atoms with van der Waals surface area (Å²) in [5.74, 6) is -0.773. The van der Waals surface area contributed by atoms with Gasteiger partial charge in [0.05, 0.1) is 10.6 Å². The number of hydrogen-bond acceptors (Lipinski definition) is 4. The van der Waals surface area contributed by atoms with Crippen LogP contribution in [0.25, 0.3) is 0 Å². The van der Waals surface area contributed by atoms with E-state index >= 15 is 0 Å². The molecule has 0 heterocycles. The lowest BCUT2D eigenvalue weighted by atomic mass is 10.0. The molecule has 0 bridgehead atoms. The molecule has 0 aliphatic heterocycles. The molecule has 4 aromatic carbocycles. The summed E-state index contributed by atoms with van der Waals surface area (Å²) in [6, 6.07) is 30.0. The quantitative estimate of drug-likeness (QED) is 0.152. The average molecular weight is 705 g/mol. The fraction of sp³-hybridized carbons (Fsp3) is 0.297. The molecule has 4 rings (SSSR count). The Morgan fingerprint density at radius 1 is 0.848 bits per heavy atom. The summed E-state index contributed by atoms with van der Waals surface area (Å²) in [7, 11) is -4.16. The number of anilines is 1. The number of rotatable bonds is 14. The lowest BCUT2D eigenvalue weighted by Crippen LogP contribution is -2.54. The molecule has 242 valence electrons. The largest absolute Gasteiger partial charge is 0.352 e. The predicted molar refractivity (Wildman–Crippen MR) is 188 cm³/mol. The van der Waals surface area contributed by atoms with E-state index in [4.69, 9.17) is 0 Å².